The van der Waals surface area contributed by atoms with E-state index in [2.05, 4.69) is 13.8 Å². The molecule has 0 aliphatic heterocycles. The summed E-state index contributed by atoms with van der Waals surface area (Å²) in [6.07, 6.45) is 2.94. The Morgan fingerprint density at radius 1 is 0.571 bits per heavy atom. The van der Waals surface area contributed by atoms with E-state index in [0.29, 0.717) is 0 Å². The second-order valence-corrected chi connectivity index (χ2v) is 12.0. The fourth-order valence-electron chi connectivity index (χ4n) is 2.79. The Bertz CT molecular complexity index is 229. The van der Waals surface area contributed by atoms with Crippen molar-refractivity contribution in [2.75, 3.05) is 42.7 Å². The first-order valence-corrected chi connectivity index (χ1v) is 10.8. The molecule has 128 valence electrons. The molecule has 0 bridgehead atoms. The Balaban J connectivity index is 4.48. The van der Waals surface area contributed by atoms with Crippen molar-refractivity contribution in [3.63, 3.8) is 0 Å². The molecule has 0 aliphatic rings. The standard InChI is InChI=1S/C13H32O6Si2/c1-12(20(14-3,15-4)16-5)10-9-11-13(2)21(17-6,18-7)19-8/h12-13H,9-11H2,1-8H3. The number of hydrogen-bond acceptors (Lipinski definition) is 6. The van der Waals surface area contributed by atoms with Gasteiger partial charge in [-0.3, -0.25) is 0 Å². The van der Waals surface area contributed by atoms with Crippen molar-refractivity contribution in [3.8, 4) is 0 Å². The summed E-state index contributed by atoms with van der Waals surface area (Å²) in [5.74, 6) is 0. The van der Waals surface area contributed by atoms with E-state index >= 15 is 0 Å². The van der Waals surface area contributed by atoms with Crippen LogP contribution in [0.1, 0.15) is 33.1 Å². The molecule has 0 aromatic heterocycles. The van der Waals surface area contributed by atoms with Crippen LogP contribution in [0.2, 0.25) is 11.1 Å². The lowest BCUT2D eigenvalue weighted by Gasteiger charge is -2.32. The lowest BCUT2D eigenvalue weighted by molar-refractivity contribution is 0.108. The Morgan fingerprint density at radius 2 is 0.810 bits per heavy atom. The second-order valence-electron chi connectivity index (χ2n) is 5.16. The first-order valence-electron chi connectivity index (χ1n) is 7.22. The Kier molecular flexibility index (Phi) is 10.2. The van der Waals surface area contributed by atoms with E-state index in [1.807, 2.05) is 0 Å². The molecule has 0 saturated carbocycles. The van der Waals surface area contributed by atoms with Gasteiger partial charge in [-0.25, -0.2) is 0 Å². The molecule has 0 N–H and O–H groups in total. The van der Waals surface area contributed by atoms with Crippen LogP contribution in [0.15, 0.2) is 0 Å². The normalized spacial score (nSPS) is 16.0. The molecule has 0 fully saturated rings. The average Bonchev–Trinajstić information content (AvgIpc) is 2.52. The van der Waals surface area contributed by atoms with E-state index < -0.39 is 17.6 Å². The summed E-state index contributed by atoms with van der Waals surface area (Å²) in [6, 6.07) is 0. The van der Waals surface area contributed by atoms with Crippen molar-refractivity contribution in [2.45, 2.75) is 44.2 Å². The number of rotatable bonds is 12. The van der Waals surface area contributed by atoms with Crippen molar-refractivity contribution in [1.29, 1.82) is 0 Å². The Labute approximate surface area is 131 Å². The van der Waals surface area contributed by atoms with Gasteiger partial charge < -0.3 is 26.6 Å². The fourth-order valence-corrected chi connectivity index (χ4v) is 7.32. The van der Waals surface area contributed by atoms with Crippen molar-refractivity contribution < 1.29 is 26.6 Å². The van der Waals surface area contributed by atoms with Crippen LogP contribution in [-0.4, -0.2) is 60.3 Å². The van der Waals surface area contributed by atoms with E-state index in [0.717, 1.165) is 19.3 Å². The van der Waals surface area contributed by atoms with Gasteiger partial charge in [-0.15, -0.1) is 0 Å². The van der Waals surface area contributed by atoms with Crippen LogP contribution in [0.25, 0.3) is 0 Å². The monoisotopic (exact) mass is 340 g/mol. The van der Waals surface area contributed by atoms with Crippen molar-refractivity contribution in [1.82, 2.24) is 0 Å². The quantitative estimate of drug-likeness (QED) is 0.509. The maximum Gasteiger partial charge on any atom is 0.503 e. The predicted molar refractivity (Wildman–Crippen MR) is 86.3 cm³/mol. The molecule has 2 unspecified atom stereocenters. The van der Waals surface area contributed by atoms with Crippen LogP contribution in [0, 0.1) is 0 Å². The van der Waals surface area contributed by atoms with Gasteiger partial charge in [-0.2, -0.15) is 0 Å². The Hall–Kier alpha value is 0.194. The third-order valence-corrected chi connectivity index (χ3v) is 10.6. The predicted octanol–water partition coefficient (Wildman–Crippen LogP) is 2.69. The summed E-state index contributed by atoms with van der Waals surface area (Å²) in [5, 5.41) is 0. The van der Waals surface area contributed by atoms with Gasteiger partial charge in [-0.1, -0.05) is 20.3 Å². The van der Waals surface area contributed by atoms with Crippen LogP contribution >= 0.6 is 0 Å². The summed E-state index contributed by atoms with van der Waals surface area (Å²) in [7, 11) is 4.81. The van der Waals surface area contributed by atoms with E-state index in [9.17, 15) is 0 Å². The van der Waals surface area contributed by atoms with Gasteiger partial charge in [0, 0.05) is 53.7 Å². The molecule has 0 spiro atoms. The van der Waals surface area contributed by atoms with Crippen LogP contribution in [0.3, 0.4) is 0 Å². The van der Waals surface area contributed by atoms with Crippen molar-refractivity contribution in [3.05, 3.63) is 0 Å². The van der Waals surface area contributed by atoms with Crippen molar-refractivity contribution in [2.24, 2.45) is 0 Å². The summed E-state index contributed by atoms with van der Waals surface area (Å²) in [6.45, 7) is 4.22. The first-order chi connectivity index (χ1) is 9.91. The zero-order valence-electron chi connectivity index (χ0n) is 14.7. The van der Waals surface area contributed by atoms with Gasteiger partial charge in [0.05, 0.1) is 0 Å². The van der Waals surface area contributed by atoms with Gasteiger partial charge >= 0.3 is 17.6 Å². The molecule has 21 heavy (non-hydrogen) atoms. The maximum atomic E-state index is 5.52. The van der Waals surface area contributed by atoms with Gasteiger partial charge in [0.25, 0.3) is 0 Å². The molecule has 0 aliphatic carbocycles. The molecular formula is C13H32O6Si2. The molecule has 0 radical (unpaired) electrons. The Morgan fingerprint density at radius 3 is 1.00 bits per heavy atom. The summed E-state index contributed by atoms with van der Waals surface area (Å²) >= 11 is 0. The number of hydrogen-bond donors (Lipinski definition) is 0. The van der Waals surface area contributed by atoms with Crippen molar-refractivity contribution >= 4 is 17.6 Å². The minimum Gasteiger partial charge on any atom is -0.377 e. The maximum absolute atomic E-state index is 5.52. The highest BCUT2D eigenvalue weighted by molar-refractivity contribution is 6.62. The fraction of sp³-hybridized carbons (Fsp3) is 1.00. The van der Waals surface area contributed by atoms with Gasteiger partial charge in [0.15, 0.2) is 0 Å². The zero-order valence-corrected chi connectivity index (χ0v) is 16.7. The molecule has 0 aromatic rings. The average molecular weight is 341 g/mol. The lowest BCUT2D eigenvalue weighted by Crippen LogP contribution is -2.47. The molecule has 2 atom stereocenters. The highest BCUT2D eigenvalue weighted by atomic mass is 28.4. The van der Waals surface area contributed by atoms with Crippen LogP contribution in [0.4, 0.5) is 0 Å². The molecule has 0 aromatic carbocycles. The molecule has 0 rings (SSSR count). The first kappa shape index (κ1) is 21.2. The molecule has 0 saturated heterocycles. The summed E-state index contributed by atoms with van der Waals surface area (Å²) in [4.78, 5) is 0. The van der Waals surface area contributed by atoms with Gasteiger partial charge in [-0.05, 0) is 12.8 Å². The SMILES string of the molecule is CO[Si](OC)(OC)C(C)CCCC(C)[Si](OC)(OC)OC. The van der Waals surface area contributed by atoms with E-state index in [-0.39, 0.29) is 11.1 Å². The van der Waals surface area contributed by atoms with Crippen LogP contribution in [-0.2, 0) is 26.6 Å². The van der Waals surface area contributed by atoms with E-state index in [1.165, 1.54) is 0 Å². The summed E-state index contributed by atoms with van der Waals surface area (Å²) in [5.41, 5.74) is 0.488. The zero-order chi connectivity index (χ0) is 16.5. The molecule has 6 nitrogen and oxygen atoms in total. The highest BCUT2D eigenvalue weighted by Crippen LogP contribution is 2.33. The highest BCUT2D eigenvalue weighted by Gasteiger charge is 2.46. The third-order valence-electron chi connectivity index (χ3n) is 4.19. The largest absolute Gasteiger partial charge is 0.503 e. The summed E-state index contributed by atoms with van der Waals surface area (Å²) < 4.78 is 33.1. The van der Waals surface area contributed by atoms with Crippen LogP contribution < -0.4 is 0 Å². The minimum atomic E-state index is -2.55. The van der Waals surface area contributed by atoms with E-state index in [1.54, 1.807) is 42.7 Å². The topological polar surface area (TPSA) is 55.4 Å². The molecular weight excluding hydrogens is 308 g/mol. The van der Waals surface area contributed by atoms with Crippen LogP contribution in [0.5, 0.6) is 0 Å². The van der Waals surface area contributed by atoms with E-state index in [4.69, 9.17) is 26.6 Å². The van der Waals surface area contributed by atoms with Gasteiger partial charge in [0.2, 0.25) is 0 Å². The molecule has 8 heteroatoms. The lowest BCUT2D eigenvalue weighted by atomic mass is 10.1. The van der Waals surface area contributed by atoms with Gasteiger partial charge in [0.1, 0.15) is 0 Å². The smallest absolute Gasteiger partial charge is 0.377 e. The third kappa shape index (κ3) is 5.10. The molecule has 0 amide bonds. The second kappa shape index (κ2) is 10.1. The minimum absolute atomic E-state index is 0.244. The molecule has 0 heterocycles.